The molecule has 1 aromatic heterocycles. The summed E-state index contributed by atoms with van der Waals surface area (Å²) in [5, 5.41) is 3.73. The van der Waals surface area contributed by atoms with Gasteiger partial charge in [0.25, 0.3) is 5.56 Å². The number of aryl methyl sites for hydroxylation is 1. The second-order valence-electron chi connectivity index (χ2n) is 6.21. The summed E-state index contributed by atoms with van der Waals surface area (Å²) in [6.07, 6.45) is 1.65. The number of carbonyl (C=O) groups excluding carboxylic acids is 1. The van der Waals surface area contributed by atoms with Crippen LogP contribution in [0.4, 0.5) is 0 Å². The lowest BCUT2D eigenvalue weighted by atomic mass is 10.1. The molecule has 1 unspecified atom stereocenters. The largest absolute Gasteiger partial charge is 0.356 e. The molecule has 1 aliphatic heterocycles. The molecule has 122 valence electrons. The fraction of sp³-hybridized carbons (Fsp3) is 0.688. The van der Waals surface area contributed by atoms with Crippen molar-refractivity contribution in [3.8, 4) is 0 Å². The van der Waals surface area contributed by atoms with Crippen LogP contribution >= 0.6 is 11.8 Å². The van der Waals surface area contributed by atoms with Crippen molar-refractivity contribution in [1.82, 2.24) is 14.9 Å². The van der Waals surface area contributed by atoms with Crippen molar-refractivity contribution in [3.63, 3.8) is 0 Å². The van der Waals surface area contributed by atoms with Gasteiger partial charge in [0.05, 0.1) is 5.92 Å². The highest BCUT2D eigenvalue weighted by Crippen LogP contribution is 2.26. The number of nitrogens with zero attached hydrogens (tertiary/aromatic N) is 2. The van der Waals surface area contributed by atoms with E-state index >= 15 is 0 Å². The zero-order valence-electron chi connectivity index (χ0n) is 13.8. The summed E-state index contributed by atoms with van der Waals surface area (Å²) >= 11 is 1.50. The first-order valence-corrected chi connectivity index (χ1v) is 8.93. The Morgan fingerprint density at radius 2 is 2.23 bits per heavy atom. The summed E-state index contributed by atoms with van der Waals surface area (Å²) < 4.78 is 1.67. The zero-order chi connectivity index (χ0) is 16.3. The molecule has 1 aliphatic rings. The third-order valence-electron chi connectivity index (χ3n) is 4.00. The van der Waals surface area contributed by atoms with Gasteiger partial charge in [-0.15, -0.1) is 0 Å². The van der Waals surface area contributed by atoms with Gasteiger partial charge in [0.1, 0.15) is 0 Å². The van der Waals surface area contributed by atoms with Crippen LogP contribution in [0, 0.1) is 18.8 Å². The average molecular weight is 323 g/mol. The van der Waals surface area contributed by atoms with Crippen molar-refractivity contribution in [2.45, 2.75) is 52.2 Å². The van der Waals surface area contributed by atoms with E-state index in [9.17, 15) is 9.59 Å². The summed E-state index contributed by atoms with van der Waals surface area (Å²) in [5.74, 6) is 1.15. The lowest BCUT2D eigenvalue weighted by Crippen LogP contribution is -2.41. The number of rotatable bonds is 5. The van der Waals surface area contributed by atoms with Crippen LogP contribution in [0.1, 0.15) is 38.4 Å². The average Bonchev–Trinajstić information content (AvgIpc) is 2.47. The number of hydrogen-bond donors (Lipinski definition) is 1. The van der Waals surface area contributed by atoms with E-state index in [0.29, 0.717) is 31.2 Å². The first-order chi connectivity index (χ1) is 10.4. The minimum atomic E-state index is -0.156. The van der Waals surface area contributed by atoms with E-state index in [-0.39, 0.29) is 17.4 Å². The molecular formula is C16H25N3O2S. The molecule has 0 aliphatic carbocycles. The molecule has 1 atom stereocenters. The molecule has 0 bridgehead atoms. The second kappa shape index (κ2) is 7.31. The van der Waals surface area contributed by atoms with Crippen molar-refractivity contribution in [1.29, 1.82) is 0 Å². The second-order valence-corrected chi connectivity index (χ2v) is 7.20. The van der Waals surface area contributed by atoms with Gasteiger partial charge in [-0.1, -0.05) is 32.5 Å². The Balaban J connectivity index is 2.11. The number of fused-ring (bicyclic) bond motifs is 1. The first-order valence-electron chi connectivity index (χ1n) is 7.94. The minimum Gasteiger partial charge on any atom is -0.356 e. The molecule has 6 heteroatoms. The van der Waals surface area contributed by atoms with E-state index in [2.05, 4.69) is 24.1 Å². The van der Waals surface area contributed by atoms with Crippen LogP contribution in [-0.4, -0.2) is 27.8 Å². The normalized spacial score (nSPS) is 17.4. The van der Waals surface area contributed by atoms with Crippen LogP contribution in [0.3, 0.4) is 0 Å². The number of carbonyl (C=O) groups is 1. The van der Waals surface area contributed by atoms with Crippen molar-refractivity contribution in [2.24, 2.45) is 11.8 Å². The molecule has 0 saturated carbocycles. The molecule has 1 amide bonds. The maximum absolute atomic E-state index is 12.5. The zero-order valence-corrected chi connectivity index (χ0v) is 14.6. The Hall–Kier alpha value is -1.30. The van der Waals surface area contributed by atoms with Crippen molar-refractivity contribution >= 4 is 17.7 Å². The van der Waals surface area contributed by atoms with Crippen molar-refractivity contribution < 1.29 is 4.79 Å². The molecule has 2 heterocycles. The summed E-state index contributed by atoms with van der Waals surface area (Å²) in [5.41, 5.74) is 1.58. The Labute approximate surface area is 135 Å². The van der Waals surface area contributed by atoms with Gasteiger partial charge in [-0.3, -0.25) is 14.2 Å². The van der Waals surface area contributed by atoms with Crippen LogP contribution in [0.25, 0.3) is 0 Å². The molecule has 5 nitrogen and oxygen atoms in total. The molecule has 0 saturated heterocycles. The number of hydrogen-bond acceptors (Lipinski definition) is 4. The van der Waals surface area contributed by atoms with E-state index in [1.165, 1.54) is 11.8 Å². The summed E-state index contributed by atoms with van der Waals surface area (Å²) in [4.78, 5) is 29.3. The standard InChI is InChI=1S/C16H25N3O2S/c1-5-13-11(4)18-16-19(15(13)21)8-12(9-22-16)14(20)17-7-6-10(2)3/h10,12H,5-9H2,1-4H3,(H,17,20). The Kier molecular flexibility index (Phi) is 5.67. The topological polar surface area (TPSA) is 64.0 Å². The fourth-order valence-electron chi connectivity index (χ4n) is 2.59. The van der Waals surface area contributed by atoms with Crippen LogP contribution in [0.2, 0.25) is 0 Å². The molecule has 0 fully saturated rings. The Bertz CT molecular complexity index is 610. The molecule has 22 heavy (non-hydrogen) atoms. The van der Waals surface area contributed by atoms with Gasteiger partial charge in [0.15, 0.2) is 5.16 Å². The van der Waals surface area contributed by atoms with E-state index in [1.54, 1.807) is 4.57 Å². The number of nitrogens with one attached hydrogen (secondary N) is 1. The monoisotopic (exact) mass is 323 g/mol. The Morgan fingerprint density at radius 3 is 2.86 bits per heavy atom. The quantitative estimate of drug-likeness (QED) is 0.842. The molecular weight excluding hydrogens is 298 g/mol. The highest BCUT2D eigenvalue weighted by molar-refractivity contribution is 7.99. The highest BCUT2D eigenvalue weighted by Gasteiger charge is 2.27. The van der Waals surface area contributed by atoms with Gasteiger partial charge in [0, 0.05) is 30.1 Å². The molecule has 1 aromatic rings. The van der Waals surface area contributed by atoms with Crippen LogP contribution in [0.15, 0.2) is 9.95 Å². The van der Waals surface area contributed by atoms with Gasteiger partial charge in [-0.05, 0) is 25.7 Å². The summed E-state index contributed by atoms with van der Waals surface area (Å²) in [6, 6.07) is 0. The Morgan fingerprint density at radius 1 is 1.50 bits per heavy atom. The lowest BCUT2D eigenvalue weighted by molar-refractivity contribution is -0.124. The lowest BCUT2D eigenvalue weighted by Gasteiger charge is -2.25. The number of aromatic nitrogens is 2. The van der Waals surface area contributed by atoms with E-state index < -0.39 is 0 Å². The molecule has 2 rings (SSSR count). The van der Waals surface area contributed by atoms with E-state index in [1.807, 2.05) is 13.8 Å². The molecule has 1 N–H and O–H groups in total. The van der Waals surface area contributed by atoms with Gasteiger partial charge in [-0.2, -0.15) is 0 Å². The summed E-state index contributed by atoms with van der Waals surface area (Å²) in [7, 11) is 0. The number of thioether (sulfide) groups is 1. The minimum absolute atomic E-state index is 0.0113. The smallest absolute Gasteiger partial charge is 0.257 e. The van der Waals surface area contributed by atoms with E-state index in [4.69, 9.17) is 0 Å². The molecule has 0 spiro atoms. The van der Waals surface area contributed by atoms with Gasteiger partial charge in [-0.25, -0.2) is 4.98 Å². The third kappa shape index (κ3) is 3.72. The maximum Gasteiger partial charge on any atom is 0.257 e. The van der Waals surface area contributed by atoms with Crippen LogP contribution in [0.5, 0.6) is 0 Å². The van der Waals surface area contributed by atoms with Gasteiger partial charge in [0.2, 0.25) is 5.91 Å². The van der Waals surface area contributed by atoms with Gasteiger partial charge < -0.3 is 5.32 Å². The molecule has 0 radical (unpaired) electrons. The predicted octanol–water partition coefficient (Wildman–Crippen LogP) is 2.00. The van der Waals surface area contributed by atoms with Crippen LogP contribution < -0.4 is 10.9 Å². The third-order valence-corrected chi connectivity index (χ3v) is 5.14. The van der Waals surface area contributed by atoms with Crippen molar-refractivity contribution in [2.75, 3.05) is 12.3 Å². The van der Waals surface area contributed by atoms with Gasteiger partial charge >= 0.3 is 0 Å². The highest BCUT2D eigenvalue weighted by atomic mass is 32.2. The SMILES string of the molecule is CCc1c(C)nc2n(c1=O)CC(C(=O)NCCC(C)C)CS2. The van der Waals surface area contributed by atoms with E-state index in [0.717, 1.165) is 22.8 Å². The summed E-state index contributed by atoms with van der Waals surface area (Å²) in [6.45, 7) is 9.26. The maximum atomic E-state index is 12.5. The van der Waals surface area contributed by atoms with Crippen LogP contribution in [-0.2, 0) is 17.8 Å². The molecule has 0 aromatic carbocycles. The predicted molar refractivity (Wildman–Crippen MR) is 89.3 cm³/mol. The fourth-order valence-corrected chi connectivity index (χ4v) is 3.71. The number of amides is 1. The first kappa shape index (κ1) is 17.1. The van der Waals surface area contributed by atoms with Crippen molar-refractivity contribution in [3.05, 3.63) is 21.6 Å².